The minimum Gasteiger partial charge on any atom is -0.350 e. The van der Waals surface area contributed by atoms with Crippen LogP contribution in [0.4, 0.5) is 0 Å². The van der Waals surface area contributed by atoms with Crippen molar-refractivity contribution in [1.29, 1.82) is 0 Å². The second-order valence-electron chi connectivity index (χ2n) is 1.76. The number of nitrogens with zero attached hydrogens (tertiary/aromatic N) is 2. The fraction of sp³-hybridized carbons (Fsp3) is 0.500. The molecule has 1 rings (SSSR count). The summed E-state index contributed by atoms with van der Waals surface area (Å²) in [6.45, 7) is 0. The normalized spacial score (nSPS) is 15.7. The maximum atomic E-state index is 4.92. The summed E-state index contributed by atoms with van der Waals surface area (Å²) in [4.78, 5) is 0. The standard InChI is InChI=1S/C6H9N2O2/c1-9-6(10-2)5-3-4-7-8-5/h3-4,6H,1-2H3. The molecule has 1 aliphatic rings. The van der Waals surface area contributed by atoms with Crippen LogP contribution in [0.5, 0.6) is 0 Å². The summed E-state index contributed by atoms with van der Waals surface area (Å²) in [7, 11) is 3.12. The van der Waals surface area contributed by atoms with Gasteiger partial charge < -0.3 is 9.47 Å². The lowest BCUT2D eigenvalue weighted by molar-refractivity contribution is -0.0512. The number of hydrogen-bond donors (Lipinski definition) is 0. The van der Waals surface area contributed by atoms with Crippen molar-refractivity contribution in [2.45, 2.75) is 6.29 Å². The highest BCUT2D eigenvalue weighted by Crippen LogP contribution is 2.00. The lowest BCUT2D eigenvalue weighted by Crippen LogP contribution is -2.22. The summed E-state index contributed by atoms with van der Waals surface area (Å²) in [6.07, 6.45) is 2.96. The number of ether oxygens (including phenoxy) is 2. The van der Waals surface area contributed by atoms with Crippen LogP contribution < -0.4 is 5.43 Å². The van der Waals surface area contributed by atoms with Crippen molar-refractivity contribution in [3.05, 3.63) is 12.3 Å². The van der Waals surface area contributed by atoms with Crippen LogP contribution in [0.15, 0.2) is 17.4 Å². The molecule has 0 aromatic rings. The van der Waals surface area contributed by atoms with Crippen LogP contribution in [0.1, 0.15) is 0 Å². The van der Waals surface area contributed by atoms with Gasteiger partial charge in [-0.15, -0.1) is 0 Å². The summed E-state index contributed by atoms with van der Waals surface area (Å²) in [5.74, 6) is 0. The van der Waals surface area contributed by atoms with Gasteiger partial charge >= 0.3 is 0 Å². The maximum absolute atomic E-state index is 4.92. The topological polar surface area (TPSA) is 44.9 Å². The second kappa shape index (κ2) is 3.34. The molecule has 10 heavy (non-hydrogen) atoms. The Balaban J connectivity index is 2.52. The molecule has 0 amide bonds. The van der Waals surface area contributed by atoms with Crippen LogP contribution in [0.2, 0.25) is 0 Å². The van der Waals surface area contributed by atoms with Crippen LogP contribution in [0.3, 0.4) is 0 Å². The van der Waals surface area contributed by atoms with E-state index in [0.717, 1.165) is 0 Å². The van der Waals surface area contributed by atoms with Gasteiger partial charge in [0.1, 0.15) is 5.71 Å². The third kappa shape index (κ3) is 1.34. The molecule has 1 radical (unpaired) electrons. The Morgan fingerprint density at radius 3 is 2.50 bits per heavy atom. The molecular formula is C6H9N2O2. The quantitative estimate of drug-likeness (QED) is 0.523. The maximum Gasteiger partial charge on any atom is 0.202 e. The smallest absolute Gasteiger partial charge is 0.202 e. The Bertz CT molecular complexity index is 161. The molecule has 0 unspecified atom stereocenters. The van der Waals surface area contributed by atoms with Crippen LogP contribution in [-0.2, 0) is 9.47 Å². The molecule has 0 atom stereocenters. The molecule has 4 nitrogen and oxygen atoms in total. The molecule has 0 saturated carbocycles. The van der Waals surface area contributed by atoms with Gasteiger partial charge in [-0.3, -0.25) is 0 Å². The van der Waals surface area contributed by atoms with Gasteiger partial charge in [-0.25, -0.2) is 0 Å². The van der Waals surface area contributed by atoms with Crippen LogP contribution in [-0.4, -0.2) is 26.2 Å². The Kier molecular flexibility index (Phi) is 2.42. The molecule has 55 valence electrons. The fourth-order valence-corrected chi connectivity index (χ4v) is 0.706. The van der Waals surface area contributed by atoms with Gasteiger partial charge in [0, 0.05) is 14.2 Å². The minimum atomic E-state index is -0.387. The van der Waals surface area contributed by atoms with E-state index in [2.05, 4.69) is 10.5 Å². The van der Waals surface area contributed by atoms with Crippen molar-refractivity contribution in [2.75, 3.05) is 14.2 Å². The molecule has 0 N–H and O–H groups in total. The van der Waals surface area contributed by atoms with E-state index < -0.39 is 0 Å². The van der Waals surface area contributed by atoms with E-state index in [9.17, 15) is 0 Å². The summed E-state index contributed by atoms with van der Waals surface area (Å²) in [5.41, 5.74) is 4.33. The molecule has 1 aliphatic heterocycles. The molecule has 0 spiro atoms. The number of hydrogen-bond acceptors (Lipinski definition) is 3. The Morgan fingerprint density at radius 2 is 2.10 bits per heavy atom. The number of methoxy groups -OCH3 is 2. The van der Waals surface area contributed by atoms with E-state index in [0.29, 0.717) is 5.71 Å². The highest BCUT2D eigenvalue weighted by atomic mass is 16.7. The Hall–Kier alpha value is -0.870. The van der Waals surface area contributed by atoms with Crippen molar-refractivity contribution in [2.24, 2.45) is 5.10 Å². The predicted molar refractivity (Wildman–Crippen MR) is 36.5 cm³/mol. The van der Waals surface area contributed by atoms with Gasteiger partial charge in [-0.05, 0) is 6.08 Å². The lowest BCUT2D eigenvalue weighted by Gasteiger charge is -2.09. The molecule has 0 aliphatic carbocycles. The summed E-state index contributed by atoms with van der Waals surface area (Å²) < 4.78 is 9.84. The monoisotopic (exact) mass is 141 g/mol. The van der Waals surface area contributed by atoms with Crippen molar-refractivity contribution in [3.63, 3.8) is 0 Å². The molecule has 0 aromatic carbocycles. The fourth-order valence-electron chi connectivity index (χ4n) is 0.706. The Labute approximate surface area is 59.5 Å². The van der Waals surface area contributed by atoms with E-state index >= 15 is 0 Å². The lowest BCUT2D eigenvalue weighted by atomic mass is 10.3. The van der Waals surface area contributed by atoms with Crippen molar-refractivity contribution >= 4 is 5.71 Å². The Morgan fingerprint density at radius 1 is 1.40 bits per heavy atom. The molecular weight excluding hydrogens is 132 g/mol. The van der Waals surface area contributed by atoms with Gasteiger partial charge in [0.25, 0.3) is 0 Å². The van der Waals surface area contributed by atoms with E-state index in [1.165, 1.54) is 0 Å². The molecule has 4 heteroatoms. The highest BCUT2D eigenvalue weighted by Gasteiger charge is 2.13. The van der Waals surface area contributed by atoms with Crippen molar-refractivity contribution in [1.82, 2.24) is 5.43 Å². The molecule has 0 bridgehead atoms. The average molecular weight is 141 g/mol. The zero-order valence-corrected chi connectivity index (χ0v) is 5.94. The summed E-state index contributed by atoms with van der Waals surface area (Å²) >= 11 is 0. The molecule has 0 saturated heterocycles. The third-order valence-corrected chi connectivity index (χ3v) is 1.15. The van der Waals surface area contributed by atoms with Gasteiger partial charge in [-0.2, -0.15) is 10.5 Å². The van der Waals surface area contributed by atoms with Gasteiger partial charge in [0.05, 0.1) is 6.20 Å². The highest BCUT2D eigenvalue weighted by molar-refractivity contribution is 5.98. The average Bonchev–Trinajstić information content (AvgIpc) is 2.43. The minimum absolute atomic E-state index is 0.387. The molecule has 0 fully saturated rings. The van der Waals surface area contributed by atoms with Gasteiger partial charge in [-0.1, -0.05) is 0 Å². The summed E-state index contributed by atoms with van der Waals surface area (Å²) in [5, 5.41) is 3.76. The second-order valence-corrected chi connectivity index (χ2v) is 1.76. The van der Waals surface area contributed by atoms with E-state index in [-0.39, 0.29) is 6.29 Å². The third-order valence-electron chi connectivity index (χ3n) is 1.15. The zero-order chi connectivity index (χ0) is 7.40. The van der Waals surface area contributed by atoms with Crippen LogP contribution in [0, 0.1) is 0 Å². The number of rotatable bonds is 3. The zero-order valence-electron chi connectivity index (χ0n) is 5.94. The first kappa shape index (κ1) is 7.24. The van der Waals surface area contributed by atoms with E-state index in [1.54, 1.807) is 26.5 Å². The van der Waals surface area contributed by atoms with E-state index in [1.807, 2.05) is 0 Å². The van der Waals surface area contributed by atoms with Gasteiger partial charge in [0.2, 0.25) is 6.29 Å². The summed E-state index contributed by atoms with van der Waals surface area (Å²) in [6, 6.07) is 0. The van der Waals surface area contributed by atoms with Crippen molar-refractivity contribution < 1.29 is 9.47 Å². The van der Waals surface area contributed by atoms with Crippen molar-refractivity contribution in [3.8, 4) is 0 Å². The van der Waals surface area contributed by atoms with Crippen LogP contribution in [0.25, 0.3) is 0 Å². The SMILES string of the molecule is COC(OC)C1=N[N]C=C1. The first-order chi connectivity index (χ1) is 4.88. The first-order valence-electron chi connectivity index (χ1n) is 2.88. The van der Waals surface area contributed by atoms with Gasteiger partial charge in [0.15, 0.2) is 0 Å². The van der Waals surface area contributed by atoms with E-state index in [4.69, 9.17) is 9.47 Å². The molecule has 0 aromatic heterocycles. The first-order valence-corrected chi connectivity index (χ1v) is 2.88. The molecule has 1 heterocycles. The van der Waals surface area contributed by atoms with Crippen LogP contribution >= 0.6 is 0 Å². The predicted octanol–water partition coefficient (Wildman–Crippen LogP) is 0.0930. The largest absolute Gasteiger partial charge is 0.350 e.